The number of rotatable bonds is 6. The van der Waals surface area contributed by atoms with E-state index >= 15 is 0 Å². The first kappa shape index (κ1) is 18.0. The third kappa shape index (κ3) is 4.25. The lowest BCUT2D eigenvalue weighted by atomic mass is 10.1. The maximum Gasteiger partial charge on any atom is 0.293 e. The minimum Gasteiger partial charge on any atom is -0.379 e. The molecule has 3 N–H and O–H groups in total. The summed E-state index contributed by atoms with van der Waals surface area (Å²) in [6, 6.07) is 3.94. The average Bonchev–Trinajstić information content (AvgIpc) is 2.50. The quantitative estimate of drug-likeness (QED) is 0.524. The maximum atomic E-state index is 11.4. The van der Waals surface area contributed by atoms with Crippen molar-refractivity contribution in [3.63, 3.8) is 0 Å². The van der Waals surface area contributed by atoms with Crippen LogP contribution >= 0.6 is 0 Å². The number of nitro groups is 1. The third-order valence-electron chi connectivity index (χ3n) is 4.32. The highest BCUT2D eigenvalue weighted by molar-refractivity contribution is 7.89. The van der Waals surface area contributed by atoms with Crippen molar-refractivity contribution >= 4 is 21.4 Å². The number of hydrogen-bond donors (Lipinski definition) is 2. The van der Waals surface area contributed by atoms with Crippen molar-refractivity contribution in [2.45, 2.75) is 10.9 Å². The average molecular weight is 372 g/mol. The Kier molecular flexibility index (Phi) is 5.20. The molecule has 25 heavy (non-hydrogen) atoms. The van der Waals surface area contributed by atoms with E-state index in [1.807, 2.05) is 0 Å². The van der Waals surface area contributed by atoms with Gasteiger partial charge in [0.15, 0.2) is 0 Å². The van der Waals surface area contributed by atoms with Crippen LogP contribution in [0.25, 0.3) is 0 Å². The van der Waals surface area contributed by atoms with E-state index in [4.69, 9.17) is 14.6 Å². The summed E-state index contributed by atoms with van der Waals surface area (Å²) in [6.45, 7) is 3.80. The van der Waals surface area contributed by atoms with E-state index in [0.717, 1.165) is 12.6 Å². The molecule has 10 nitrogen and oxygen atoms in total. The van der Waals surface area contributed by atoms with Gasteiger partial charge in [0.1, 0.15) is 5.69 Å². The fraction of sp³-hybridized carbons (Fsp3) is 0.571. The molecular weight excluding hydrogens is 352 g/mol. The van der Waals surface area contributed by atoms with Crippen molar-refractivity contribution in [3.8, 4) is 0 Å². The van der Waals surface area contributed by atoms with Crippen molar-refractivity contribution in [2.75, 3.05) is 45.0 Å². The summed E-state index contributed by atoms with van der Waals surface area (Å²) in [5.74, 6) is 0.159. The van der Waals surface area contributed by atoms with Crippen LogP contribution < -0.4 is 10.5 Å². The lowest BCUT2D eigenvalue weighted by molar-refractivity contribution is -0.384. The van der Waals surface area contributed by atoms with Gasteiger partial charge in [-0.15, -0.1) is 0 Å². The van der Waals surface area contributed by atoms with Crippen molar-refractivity contribution in [1.82, 2.24) is 4.90 Å². The third-order valence-corrected chi connectivity index (χ3v) is 5.23. The lowest BCUT2D eigenvalue weighted by Gasteiger charge is -2.41. The second kappa shape index (κ2) is 7.22. The first-order valence-electron chi connectivity index (χ1n) is 7.79. The topological polar surface area (TPSA) is 137 Å². The molecule has 1 unspecified atom stereocenters. The monoisotopic (exact) mass is 372 g/mol. The van der Waals surface area contributed by atoms with Crippen LogP contribution in [0.3, 0.4) is 0 Å². The molecule has 0 amide bonds. The molecule has 3 rings (SSSR count). The van der Waals surface area contributed by atoms with Crippen molar-refractivity contribution in [3.05, 3.63) is 28.3 Å². The summed E-state index contributed by atoms with van der Waals surface area (Å²) in [4.78, 5) is 12.5. The Labute approximate surface area is 145 Å². The molecule has 2 fully saturated rings. The molecule has 0 bridgehead atoms. The van der Waals surface area contributed by atoms with Gasteiger partial charge in [-0.2, -0.15) is 0 Å². The lowest BCUT2D eigenvalue weighted by Crippen LogP contribution is -2.54. The number of benzene rings is 1. The van der Waals surface area contributed by atoms with Crippen LogP contribution in [0.1, 0.15) is 0 Å². The molecule has 0 radical (unpaired) electrons. The summed E-state index contributed by atoms with van der Waals surface area (Å²) in [5.41, 5.74) is -0.0750. The predicted octanol–water partition coefficient (Wildman–Crippen LogP) is -0.0412. The van der Waals surface area contributed by atoms with Crippen LogP contribution in [-0.4, -0.2) is 63.9 Å². The van der Waals surface area contributed by atoms with Gasteiger partial charge in [0.2, 0.25) is 10.0 Å². The maximum absolute atomic E-state index is 11.4. The van der Waals surface area contributed by atoms with Gasteiger partial charge in [0.25, 0.3) is 5.69 Å². The zero-order valence-electron chi connectivity index (χ0n) is 13.5. The predicted molar refractivity (Wildman–Crippen MR) is 88.6 cm³/mol. The summed E-state index contributed by atoms with van der Waals surface area (Å²) in [5, 5.41) is 19.3. The minimum atomic E-state index is -4.00. The van der Waals surface area contributed by atoms with Gasteiger partial charge in [-0.1, -0.05) is 0 Å². The first-order chi connectivity index (χ1) is 11.8. The van der Waals surface area contributed by atoms with E-state index in [0.29, 0.717) is 39.1 Å². The molecule has 2 saturated heterocycles. The Morgan fingerprint density at radius 2 is 2.08 bits per heavy atom. The molecule has 1 aromatic rings. The normalized spacial score (nSPS) is 22.4. The van der Waals surface area contributed by atoms with Gasteiger partial charge in [0.05, 0.1) is 42.4 Å². The molecule has 138 valence electrons. The number of hydrogen-bond acceptors (Lipinski definition) is 8. The summed E-state index contributed by atoms with van der Waals surface area (Å²) < 4.78 is 33.5. The number of ether oxygens (including phenoxy) is 2. The van der Waals surface area contributed by atoms with Gasteiger partial charge >= 0.3 is 0 Å². The highest BCUT2D eigenvalue weighted by Crippen LogP contribution is 2.28. The Bertz CT molecular complexity index is 752. The molecule has 2 aliphatic heterocycles. The van der Waals surface area contributed by atoms with Crippen molar-refractivity contribution < 1.29 is 22.8 Å². The van der Waals surface area contributed by atoms with E-state index in [-0.39, 0.29) is 22.2 Å². The van der Waals surface area contributed by atoms with Crippen LogP contribution in [0.4, 0.5) is 11.4 Å². The SMILES string of the molecule is NS(=O)(=O)c1ccc(NCC2COCN(C3COC3)C2)c([N+](=O)[O-])c1. The molecule has 0 saturated carbocycles. The molecule has 1 aromatic carbocycles. The fourth-order valence-corrected chi connectivity index (χ4v) is 3.36. The molecule has 0 aliphatic carbocycles. The molecule has 2 heterocycles. The molecule has 1 atom stereocenters. The summed E-state index contributed by atoms with van der Waals surface area (Å²) in [6.07, 6.45) is 0. The Balaban J connectivity index is 1.66. The number of nitrogens with zero attached hydrogens (tertiary/aromatic N) is 2. The van der Waals surface area contributed by atoms with Crippen LogP contribution in [-0.2, 0) is 19.5 Å². The Morgan fingerprint density at radius 3 is 2.68 bits per heavy atom. The second-order valence-corrected chi connectivity index (χ2v) is 7.75. The van der Waals surface area contributed by atoms with E-state index in [1.54, 1.807) is 0 Å². The van der Waals surface area contributed by atoms with Gasteiger partial charge in [-0.05, 0) is 12.1 Å². The van der Waals surface area contributed by atoms with Gasteiger partial charge < -0.3 is 14.8 Å². The number of nitro benzene ring substituents is 1. The molecule has 2 aliphatic rings. The number of nitrogens with two attached hydrogens (primary N) is 1. The van der Waals surface area contributed by atoms with Gasteiger partial charge in [-0.3, -0.25) is 15.0 Å². The summed E-state index contributed by atoms with van der Waals surface area (Å²) >= 11 is 0. The zero-order chi connectivity index (χ0) is 18.0. The van der Waals surface area contributed by atoms with E-state index in [2.05, 4.69) is 10.2 Å². The first-order valence-corrected chi connectivity index (χ1v) is 9.34. The van der Waals surface area contributed by atoms with Crippen LogP contribution in [0.5, 0.6) is 0 Å². The molecule has 0 aromatic heterocycles. The molecular formula is C14H20N4O6S. The second-order valence-electron chi connectivity index (χ2n) is 6.19. The van der Waals surface area contributed by atoms with Crippen LogP contribution in [0.2, 0.25) is 0 Å². The Hall–Kier alpha value is -1.79. The Morgan fingerprint density at radius 1 is 1.32 bits per heavy atom. The van der Waals surface area contributed by atoms with Gasteiger partial charge in [0, 0.05) is 25.1 Å². The van der Waals surface area contributed by atoms with Gasteiger partial charge in [-0.25, -0.2) is 13.6 Å². The van der Waals surface area contributed by atoms with Crippen LogP contribution in [0.15, 0.2) is 23.1 Å². The van der Waals surface area contributed by atoms with E-state index in [1.165, 1.54) is 12.1 Å². The number of nitrogens with one attached hydrogen (secondary N) is 1. The highest BCUT2D eigenvalue weighted by Gasteiger charge is 2.31. The molecule has 11 heteroatoms. The van der Waals surface area contributed by atoms with Crippen LogP contribution in [0, 0.1) is 16.0 Å². The smallest absolute Gasteiger partial charge is 0.293 e. The molecule has 0 spiro atoms. The highest BCUT2D eigenvalue weighted by atomic mass is 32.2. The standard InChI is InChI=1S/C14H20N4O6S/c15-25(21,22)12-1-2-13(14(3-12)18(19)20)16-4-10-5-17(9-24-6-10)11-7-23-8-11/h1-3,10-11,16H,4-9H2,(H2,15,21,22). The number of anilines is 1. The van der Waals surface area contributed by atoms with Crippen molar-refractivity contribution in [1.29, 1.82) is 0 Å². The fourth-order valence-electron chi connectivity index (χ4n) is 2.83. The zero-order valence-corrected chi connectivity index (χ0v) is 14.3. The van der Waals surface area contributed by atoms with Crippen molar-refractivity contribution in [2.24, 2.45) is 11.1 Å². The van der Waals surface area contributed by atoms with E-state index in [9.17, 15) is 18.5 Å². The largest absolute Gasteiger partial charge is 0.379 e. The number of primary sulfonamides is 1. The minimum absolute atomic E-state index is 0.159. The van der Waals surface area contributed by atoms with E-state index < -0.39 is 14.9 Å². The summed E-state index contributed by atoms with van der Waals surface area (Å²) in [7, 11) is -4.00. The number of sulfonamides is 1.